The Hall–Kier alpha value is -1.13. The average molecular weight is 379 g/mol. The van der Waals surface area contributed by atoms with E-state index in [0.717, 1.165) is 24.8 Å². The van der Waals surface area contributed by atoms with Crippen LogP contribution in [-0.2, 0) is 14.3 Å². The summed E-state index contributed by atoms with van der Waals surface area (Å²) < 4.78 is 5.83. The molecule has 0 radical (unpaired) electrons. The lowest BCUT2D eigenvalue weighted by Gasteiger charge is -2.47. The molecule has 0 saturated heterocycles. The van der Waals surface area contributed by atoms with Crippen LogP contribution in [0.5, 0.6) is 0 Å². The summed E-state index contributed by atoms with van der Waals surface area (Å²) in [6.45, 7) is 10.3. The highest BCUT2D eigenvalue weighted by Gasteiger charge is 2.78. The number of carbonyl (C=O) groups is 2. The van der Waals surface area contributed by atoms with E-state index in [-0.39, 0.29) is 46.4 Å². The zero-order chi connectivity index (χ0) is 18.9. The summed E-state index contributed by atoms with van der Waals surface area (Å²) >= 11 is 5.71. The van der Waals surface area contributed by atoms with Crippen molar-refractivity contribution >= 4 is 23.4 Å². The number of aliphatic hydroxyl groups excluding tert-OH is 1. The fraction of sp³-hybridized carbons (Fsp3) is 0.714. The SMILES string of the molecule is C=CC(=C)[C@@H]1C[C@@H](OC(=O)CCl)[C@]23CC2CC[C@]2(CC(O)C(=O)C23)[C@H]1C. The molecule has 3 unspecified atom stereocenters. The van der Waals surface area contributed by atoms with Crippen LogP contribution in [0.1, 0.15) is 39.0 Å². The first kappa shape index (κ1) is 18.2. The Bertz CT molecular complexity index is 687. The molecule has 1 spiro atoms. The number of Topliss-reactive ketones (excluding diaryl/α,β-unsaturated/α-hetero) is 1. The number of rotatable bonds is 4. The molecule has 4 fully saturated rings. The Labute approximate surface area is 159 Å². The summed E-state index contributed by atoms with van der Waals surface area (Å²) in [4.78, 5) is 25.1. The smallest absolute Gasteiger partial charge is 0.321 e. The molecular formula is C21H27ClO4. The molecule has 142 valence electrons. The topological polar surface area (TPSA) is 63.6 Å². The number of allylic oxidation sites excluding steroid dienone is 2. The predicted octanol–water partition coefficient (Wildman–Crippen LogP) is 3.27. The van der Waals surface area contributed by atoms with Gasteiger partial charge in [0.1, 0.15) is 18.1 Å². The third kappa shape index (κ3) is 2.18. The molecule has 4 aliphatic carbocycles. The number of alkyl halides is 1. The van der Waals surface area contributed by atoms with Gasteiger partial charge in [-0.05, 0) is 55.3 Å². The molecule has 4 saturated carbocycles. The van der Waals surface area contributed by atoms with Crippen molar-refractivity contribution in [2.24, 2.45) is 34.5 Å². The van der Waals surface area contributed by atoms with Crippen LogP contribution in [0, 0.1) is 34.5 Å². The minimum Gasteiger partial charge on any atom is -0.461 e. The summed E-state index contributed by atoms with van der Waals surface area (Å²) in [5, 5.41) is 10.5. The van der Waals surface area contributed by atoms with Crippen LogP contribution in [0.2, 0.25) is 0 Å². The largest absolute Gasteiger partial charge is 0.461 e. The van der Waals surface area contributed by atoms with Gasteiger partial charge in [-0.25, -0.2) is 0 Å². The average Bonchev–Trinajstić information content (AvgIpc) is 3.31. The van der Waals surface area contributed by atoms with Gasteiger partial charge in [0.2, 0.25) is 0 Å². The van der Waals surface area contributed by atoms with Crippen molar-refractivity contribution < 1.29 is 19.4 Å². The van der Waals surface area contributed by atoms with Gasteiger partial charge in [0.25, 0.3) is 0 Å². The van der Waals surface area contributed by atoms with Gasteiger partial charge in [-0.3, -0.25) is 9.59 Å². The van der Waals surface area contributed by atoms with Gasteiger partial charge in [-0.15, -0.1) is 11.6 Å². The summed E-state index contributed by atoms with van der Waals surface area (Å²) in [5.74, 6) is -0.239. The molecule has 5 heteroatoms. The van der Waals surface area contributed by atoms with E-state index in [1.165, 1.54) is 0 Å². The molecule has 0 amide bonds. The lowest BCUT2D eigenvalue weighted by Crippen LogP contribution is -2.47. The van der Waals surface area contributed by atoms with Gasteiger partial charge < -0.3 is 9.84 Å². The van der Waals surface area contributed by atoms with E-state index >= 15 is 0 Å². The van der Waals surface area contributed by atoms with E-state index in [9.17, 15) is 14.7 Å². The first-order valence-electron chi connectivity index (χ1n) is 9.60. The fourth-order valence-electron chi connectivity index (χ4n) is 6.92. The van der Waals surface area contributed by atoms with Crippen LogP contribution < -0.4 is 0 Å². The van der Waals surface area contributed by atoms with E-state index in [1.54, 1.807) is 6.08 Å². The lowest BCUT2D eigenvalue weighted by molar-refractivity contribution is -0.157. The van der Waals surface area contributed by atoms with E-state index in [2.05, 4.69) is 20.1 Å². The molecule has 4 rings (SSSR count). The van der Waals surface area contributed by atoms with E-state index in [0.29, 0.717) is 18.8 Å². The second-order valence-electron chi connectivity index (χ2n) is 8.86. The molecule has 0 aliphatic heterocycles. The highest BCUT2D eigenvalue weighted by Crippen LogP contribution is 2.78. The van der Waals surface area contributed by atoms with Gasteiger partial charge in [-0.2, -0.15) is 0 Å². The first-order valence-corrected chi connectivity index (χ1v) is 10.1. The van der Waals surface area contributed by atoms with Crippen LogP contribution in [0.15, 0.2) is 24.8 Å². The van der Waals surface area contributed by atoms with Crippen molar-refractivity contribution in [2.45, 2.75) is 51.2 Å². The number of aliphatic hydroxyl groups is 1. The van der Waals surface area contributed by atoms with Crippen molar-refractivity contribution in [3.63, 3.8) is 0 Å². The number of halogens is 1. The molecule has 1 N–H and O–H groups in total. The van der Waals surface area contributed by atoms with Crippen molar-refractivity contribution in [1.29, 1.82) is 0 Å². The standard InChI is InChI=1S/C21H27ClO4/c1-4-11(2)14-7-16(26-17(24)10-22)21-8-13(21)5-6-20(12(14)3)9-15(23)18(25)19(20)21/h4,12-16,19,23H,1-2,5-10H2,3H3/t12-,13?,14-,15?,16+,19?,20-,21-/m0/s1. The Kier molecular flexibility index (Phi) is 4.16. The second kappa shape index (κ2) is 5.93. The molecule has 0 aromatic heterocycles. The van der Waals surface area contributed by atoms with Gasteiger partial charge in [0, 0.05) is 11.3 Å². The predicted molar refractivity (Wildman–Crippen MR) is 98.5 cm³/mol. The quantitative estimate of drug-likeness (QED) is 0.463. The minimum atomic E-state index is -0.904. The van der Waals surface area contributed by atoms with Crippen molar-refractivity contribution in [3.8, 4) is 0 Å². The molecule has 4 nitrogen and oxygen atoms in total. The van der Waals surface area contributed by atoms with Crippen LogP contribution >= 0.6 is 11.6 Å². The second-order valence-corrected chi connectivity index (χ2v) is 9.13. The van der Waals surface area contributed by atoms with E-state index in [1.807, 2.05) is 0 Å². The third-order valence-electron chi connectivity index (χ3n) is 8.16. The number of hydrogen-bond donors (Lipinski definition) is 1. The van der Waals surface area contributed by atoms with Crippen molar-refractivity contribution in [3.05, 3.63) is 24.8 Å². The summed E-state index contributed by atoms with van der Waals surface area (Å²) in [5.41, 5.74) is 0.369. The van der Waals surface area contributed by atoms with E-state index in [4.69, 9.17) is 16.3 Å². The zero-order valence-corrected chi connectivity index (χ0v) is 16.0. The highest BCUT2D eigenvalue weighted by atomic mass is 35.5. The van der Waals surface area contributed by atoms with Gasteiger partial charge in [-0.1, -0.05) is 31.7 Å². The van der Waals surface area contributed by atoms with Crippen LogP contribution in [-0.4, -0.2) is 34.9 Å². The highest BCUT2D eigenvalue weighted by molar-refractivity contribution is 6.26. The number of ketones is 1. The summed E-state index contributed by atoms with van der Waals surface area (Å²) in [7, 11) is 0. The first-order chi connectivity index (χ1) is 12.3. The minimum absolute atomic E-state index is 0.0455. The molecule has 26 heavy (non-hydrogen) atoms. The molecule has 0 aromatic rings. The number of hydrogen-bond acceptors (Lipinski definition) is 4. The van der Waals surface area contributed by atoms with Gasteiger partial charge in [0.05, 0.1) is 0 Å². The Morgan fingerprint density at radius 3 is 2.85 bits per heavy atom. The number of ether oxygens (including phenoxy) is 1. The number of esters is 1. The van der Waals surface area contributed by atoms with Crippen LogP contribution in [0.3, 0.4) is 0 Å². The monoisotopic (exact) mass is 378 g/mol. The maximum absolute atomic E-state index is 13.1. The Morgan fingerprint density at radius 2 is 2.19 bits per heavy atom. The van der Waals surface area contributed by atoms with Crippen molar-refractivity contribution in [2.75, 3.05) is 5.88 Å². The molecule has 0 heterocycles. The lowest BCUT2D eigenvalue weighted by atomic mass is 9.56. The van der Waals surface area contributed by atoms with E-state index < -0.39 is 12.1 Å². The van der Waals surface area contributed by atoms with Crippen molar-refractivity contribution in [1.82, 2.24) is 0 Å². The molecular weight excluding hydrogens is 352 g/mol. The summed E-state index contributed by atoms with van der Waals surface area (Å²) in [6, 6.07) is 0. The van der Waals surface area contributed by atoms with Gasteiger partial charge >= 0.3 is 5.97 Å². The van der Waals surface area contributed by atoms with Crippen LogP contribution in [0.4, 0.5) is 0 Å². The molecule has 8 atom stereocenters. The summed E-state index contributed by atoms with van der Waals surface area (Å²) in [6.07, 6.45) is 4.59. The maximum atomic E-state index is 13.1. The van der Waals surface area contributed by atoms with Crippen LogP contribution in [0.25, 0.3) is 0 Å². The Morgan fingerprint density at radius 1 is 1.46 bits per heavy atom. The fourth-order valence-corrected chi connectivity index (χ4v) is 6.98. The molecule has 4 aliphatic rings. The molecule has 2 bridgehead atoms. The third-order valence-corrected chi connectivity index (χ3v) is 8.37. The van der Waals surface area contributed by atoms with Gasteiger partial charge in [0.15, 0.2) is 5.78 Å². The normalized spacial score (nSPS) is 48.8. The maximum Gasteiger partial charge on any atom is 0.321 e. The molecule has 0 aromatic carbocycles. The number of carbonyl (C=O) groups excluding carboxylic acids is 2. The Balaban J connectivity index is 1.84. The zero-order valence-electron chi connectivity index (χ0n) is 15.2.